The van der Waals surface area contributed by atoms with Gasteiger partial charge in [0.2, 0.25) is 65.1 Å². The lowest BCUT2D eigenvalue weighted by Crippen LogP contribution is -2.59. The van der Waals surface area contributed by atoms with Crippen LogP contribution in [-0.2, 0) is 68.8 Å². The first kappa shape index (κ1) is 117. The molecular formula is C85H125ClN22O30S2. The van der Waals surface area contributed by atoms with E-state index in [1.54, 1.807) is 42.7 Å². The van der Waals surface area contributed by atoms with E-state index in [9.17, 15) is 139 Å². The van der Waals surface area contributed by atoms with Gasteiger partial charge in [0.1, 0.15) is 67.8 Å². The van der Waals surface area contributed by atoms with Crippen molar-refractivity contribution in [3.8, 4) is 0 Å². The topological polar surface area (TPSA) is 821 Å². The SMILES string of the molecule is CC(C)C(COC(=O)OCCSSCCNC(=O)C(CCC(=O)NCC(O)C(O)CC(O)CO)NC(=O)C(CCC(=O)O)NC(=O)C(CCC(=O)NCCC(O)C(O)C(O)CO)NC(=O)C(CCC(=O)O)NC(=O)C(CCC(=O)NCCC(O)C(O)C(O)CO)NC(=O)CCCNC(=O)c1ccc(NCc2cnc3nc(N)[nH]c(=O)c3n2)cc1)Nc1nc(Nc2cccc(Cl)c2)c2ncn(C(C)C)c2n1. The summed E-state index contributed by atoms with van der Waals surface area (Å²) in [6, 6.07) is 2.90. The van der Waals surface area contributed by atoms with Gasteiger partial charge in [-0.3, -0.25) is 67.3 Å². The molecule has 15 atom stereocenters. The number of amides is 10. The largest absolute Gasteiger partial charge is 0.508 e. The molecule has 52 nitrogen and oxygen atoms in total. The third-order valence-corrected chi connectivity index (χ3v) is 23.7. The highest BCUT2D eigenvalue weighted by atomic mass is 35.5. The van der Waals surface area contributed by atoms with Crippen LogP contribution in [0, 0.1) is 5.92 Å². The van der Waals surface area contributed by atoms with Crippen molar-refractivity contribution >= 4 is 162 Å². The summed E-state index contributed by atoms with van der Waals surface area (Å²) in [5.41, 5.74) is 7.73. The number of carbonyl (C=O) groups excluding carboxylic acids is 11. The highest BCUT2D eigenvalue weighted by Gasteiger charge is 2.36. The number of nitrogen functional groups attached to an aromatic ring is 1. The first-order chi connectivity index (χ1) is 66.6. The number of carboxylic acid groups (broad SMARTS) is 2. The molecule has 0 spiro atoms. The molecule has 4 heterocycles. The Morgan fingerprint density at radius 3 is 1.61 bits per heavy atom. The Bertz CT molecular complexity index is 5120. The Morgan fingerprint density at radius 2 is 1.07 bits per heavy atom. The maximum absolute atomic E-state index is 14.9. The molecule has 0 aliphatic heterocycles. The number of nitrogens with two attached hydrogens (primary N) is 1. The number of carbonyl (C=O) groups is 13. The minimum Gasteiger partial charge on any atom is -0.481 e. The monoisotopic (exact) mass is 2030 g/mol. The fourth-order valence-electron chi connectivity index (χ4n) is 13.1. The number of H-pyrrole nitrogens is 1. The molecule has 4 aromatic heterocycles. The minimum absolute atomic E-state index is 0.0237. The zero-order chi connectivity index (χ0) is 103. The van der Waals surface area contributed by atoms with Gasteiger partial charge in [-0.15, -0.1) is 0 Å². The molecule has 0 bridgehead atoms. The first-order valence-electron chi connectivity index (χ1n) is 44.8. The molecule has 0 saturated heterocycles. The third kappa shape index (κ3) is 41.3. The average Bonchev–Trinajstić information content (AvgIpc) is 1.63. The van der Waals surface area contributed by atoms with Crippen LogP contribution >= 0.6 is 33.2 Å². The number of halogens is 1. The number of benzene rings is 2. The van der Waals surface area contributed by atoms with E-state index in [-0.39, 0.29) is 104 Å². The van der Waals surface area contributed by atoms with E-state index < -0.39 is 290 Å². The van der Waals surface area contributed by atoms with Crippen LogP contribution in [0.2, 0.25) is 5.02 Å². The first-order valence-corrected chi connectivity index (χ1v) is 47.6. The number of hydrogen-bond acceptors (Lipinski definition) is 40. The number of aliphatic hydroxyl groups excluding tert-OH is 12. The predicted molar refractivity (Wildman–Crippen MR) is 505 cm³/mol. The van der Waals surface area contributed by atoms with Gasteiger partial charge in [0.05, 0.1) is 81.1 Å². The van der Waals surface area contributed by atoms with Gasteiger partial charge in [0.15, 0.2) is 28.1 Å². The third-order valence-electron chi connectivity index (χ3n) is 21.1. The van der Waals surface area contributed by atoms with Crippen molar-refractivity contribution in [1.82, 2.24) is 92.6 Å². The van der Waals surface area contributed by atoms with Crippen molar-refractivity contribution in [3.05, 3.63) is 87.7 Å². The summed E-state index contributed by atoms with van der Waals surface area (Å²) in [6.45, 7) is 3.12. The van der Waals surface area contributed by atoms with E-state index in [0.29, 0.717) is 39.1 Å². The number of aliphatic hydroxyl groups is 12. The zero-order valence-electron chi connectivity index (χ0n) is 77.1. The average molecular weight is 2030 g/mol. The Labute approximate surface area is 814 Å². The number of carboxylic acids is 2. The minimum atomic E-state index is -2.07. The molecule has 15 unspecified atom stereocenters. The molecule has 6 rings (SSSR count). The van der Waals surface area contributed by atoms with Crippen molar-refractivity contribution in [2.75, 3.05) is 98.9 Å². The standard InChI is InChI=1S/C85H125ClN22O30S2/c1-43(2)56(103-84-105-74(97-48-8-5-7-46(86)33-48)69-75(106-84)108(42-95-69)44(3)4)41-138-85(136)137-30-32-140-139-31-29-91-77(130)51(14-21-65(121)93-37-60(116)59(115)34-50(112)38-109)99-80(133)54(17-22-67(123)124)102-79(132)53(16-20-64(120)89-28-25-58(114)72(128)62(118)40-111)100-81(134)55(18-23-68(125)126)101-78(131)52(15-19-63(119)88-27-24-57(113)71(127)61(117)39-110)98-66(122)9-6-26-90-76(129)45-10-12-47(13-11-45)92-35-49-36-94-73-70(96-49)82(135)107-83(87)104-73/h5,7-8,10-13,33,36,42-44,50-62,71-72,92,109-118,127-128H,6,9,14-32,34-35,37-41H2,1-4H3,(H,88,119)(H,89,120)(H,90,129)(H,91,130)(H,93,121)(H,98,122)(H,99,133)(H,100,134)(H,101,131)(H,102,132)(H,123,124)(H,125,126)(H2,97,103,105,106)(H3,87,94,104,107,135). The quantitative estimate of drug-likeness (QED) is 0.00973. The van der Waals surface area contributed by atoms with E-state index >= 15 is 0 Å². The van der Waals surface area contributed by atoms with Crippen LogP contribution in [-0.4, -0.2) is 357 Å². The number of aromatic amines is 1. The van der Waals surface area contributed by atoms with Gasteiger partial charge in [0.25, 0.3) is 11.5 Å². The Kier molecular flexibility index (Phi) is 50.6. The van der Waals surface area contributed by atoms with Gasteiger partial charge in [-0.25, -0.2) is 19.7 Å². The highest BCUT2D eigenvalue weighted by molar-refractivity contribution is 8.76. The van der Waals surface area contributed by atoms with Crippen LogP contribution in [0.25, 0.3) is 22.3 Å². The van der Waals surface area contributed by atoms with Crippen molar-refractivity contribution in [2.45, 2.75) is 228 Å². The molecule has 10 amide bonds. The van der Waals surface area contributed by atoms with Crippen molar-refractivity contribution < 1.29 is 143 Å². The second-order valence-electron chi connectivity index (χ2n) is 32.8. The molecule has 774 valence electrons. The summed E-state index contributed by atoms with van der Waals surface area (Å²) >= 11 is 6.27. The summed E-state index contributed by atoms with van der Waals surface area (Å²) in [5, 5.41) is 173. The summed E-state index contributed by atoms with van der Waals surface area (Å²) in [4.78, 5) is 219. The maximum atomic E-state index is 14.9. The molecule has 140 heavy (non-hydrogen) atoms. The second-order valence-corrected chi connectivity index (χ2v) is 36.0. The van der Waals surface area contributed by atoms with Crippen molar-refractivity contribution in [1.29, 1.82) is 0 Å². The van der Waals surface area contributed by atoms with Gasteiger partial charge in [0, 0.05) is 117 Å². The van der Waals surface area contributed by atoms with Crippen LogP contribution in [0.4, 0.5) is 33.9 Å². The Balaban J connectivity index is 1.16. The van der Waals surface area contributed by atoms with Crippen molar-refractivity contribution in [2.24, 2.45) is 5.92 Å². The molecule has 0 aliphatic rings. The van der Waals surface area contributed by atoms with Gasteiger partial charge in [-0.1, -0.05) is 53.1 Å². The number of fused-ring (bicyclic) bond motifs is 2. The number of nitrogens with zero attached hydrogens (tertiary/aromatic N) is 7. The van der Waals surface area contributed by atoms with Crippen LogP contribution in [0.15, 0.2) is 65.8 Å². The van der Waals surface area contributed by atoms with Gasteiger partial charge >= 0.3 is 18.1 Å². The van der Waals surface area contributed by atoms with E-state index in [1.165, 1.54) is 39.9 Å². The summed E-state index contributed by atoms with van der Waals surface area (Å²) in [7, 11) is 2.40. The summed E-state index contributed by atoms with van der Waals surface area (Å²) in [5.74, 6) is -13.0. The van der Waals surface area contributed by atoms with E-state index in [4.69, 9.17) is 36.8 Å². The Hall–Kier alpha value is -12.2. The number of ether oxygens (including phenoxy) is 2. The lowest BCUT2D eigenvalue weighted by Gasteiger charge is -2.27. The molecular weight excluding hydrogens is 1910 g/mol. The summed E-state index contributed by atoms with van der Waals surface area (Å²) in [6.07, 6.45) is -22.7. The number of imidazole rings is 1. The van der Waals surface area contributed by atoms with Gasteiger partial charge in [-0.05, 0) is 114 Å². The number of rotatable bonds is 66. The molecule has 30 N–H and O–H groups in total. The highest BCUT2D eigenvalue weighted by Crippen LogP contribution is 2.29. The predicted octanol–water partition coefficient (Wildman–Crippen LogP) is -4.44. The van der Waals surface area contributed by atoms with Crippen LogP contribution in [0.3, 0.4) is 0 Å². The number of nitrogens with one attached hydrogen (secondary N) is 14. The van der Waals surface area contributed by atoms with Gasteiger partial charge < -0.3 is 160 Å². The number of aromatic nitrogens is 8. The zero-order valence-corrected chi connectivity index (χ0v) is 79.5. The fourth-order valence-corrected chi connectivity index (χ4v) is 15.0. The molecule has 6 aromatic rings. The normalized spacial score (nSPS) is 14.7. The number of hydrogen-bond donors (Lipinski definition) is 29. The lowest BCUT2D eigenvalue weighted by molar-refractivity contribution is -0.139. The molecule has 0 saturated carbocycles. The molecule has 0 aliphatic carbocycles. The molecule has 55 heteroatoms. The fraction of sp³-hybridized carbons (Fsp3) is 0.576. The van der Waals surface area contributed by atoms with Crippen LogP contribution < -0.4 is 80.4 Å². The van der Waals surface area contributed by atoms with Crippen LogP contribution in [0.1, 0.15) is 146 Å². The smallest absolute Gasteiger partial charge is 0.481 e. The van der Waals surface area contributed by atoms with Crippen molar-refractivity contribution in [3.63, 3.8) is 0 Å². The number of aliphatic carboxylic acids is 2. The molecule has 2 aromatic carbocycles. The van der Waals surface area contributed by atoms with E-state index in [2.05, 4.69) is 94.0 Å². The number of anilines is 5. The summed E-state index contributed by atoms with van der Waals surface area (Å²) < 4.78 is 12.7. The van der Waals surface area contributed by atoms with Crippen LogP contribution in [0.5, 0.6) is 0 Å². The molecule has 0 radical (unpaired) electrons. The van der Waals surface area contributed by atoms with E-state index in [1.807, 2.05) is 32.3 Å². The lowest BCUT2D eigenvalue weighted by atomic mass is 10.0. The van der Waals surface area contributed by atoms with Gasteiger partial charge in [-0.2, -0.15) is 15.0 Å². The molecule has 0 fully saturated rings. The van der Waals surface area contributed by atoms with E-state index in [0.717, 1.165) is 0 Å². The Morgan fingerprint density at radius 1 is 0.529 bits per heavy atom. The second kappa shape index (κ2) is 60.7. The maximum Gasteiger partial charge on any atom is 0.508 e.